The van der Waals surface area contributed by atoms with Crippen molar-refractivity contribution in [3.63, 3.8) is 0 Å². The first kappa shape index (κ1) is 30.6. The highest BCUT2D eigenvalue weighted by atomic mass is 19.1. The normalized spacial score (nSPS) is 42.3. The first-order chi connectivity index (χ1) is 18.5. The molecule has 10 heteroatoms. The molecule has 0 amide bonds. The maximum absolute atomic E-state index is 17.5. The summed E-state index contributed by atoms with van der Waals surface area (Å²) in [4.78, 5) is 38.9. The molecular formula is C30H41F3O7. The molecule has 4 rings (SSSR count). The van der Waals surface area contributed by atoms with Gasteiger partial charge in [-0.3, -0.25) is 4.79 Å². The highest BCUT2D eigenvalue weighted by molar-refractivity contribution is 6.01. The maximum atomic E-state index is 17.5. The van der Waals surface area contributed by atoms with Gasteiger partial charge in [0.2, 0.25) is 12.5 Å². The van der Waals surface area contributed by atoms with Gasteiger partial charge in [0, 0.05) is 22.7 Å². The average molecular weight is 571 g/mol. The largest absolute Gasteiger partial charge is 0.509 e. The van der Waals surface area contributed by atoms with Crippen molar-refractivity contribution in [2.75, 3.05) is 6.86 Å². The van der Waals surface area contributed by atoms with Gasteiger partial charge in [-0.05, 0) is 61.7 Å². The molecule has 0 bridgehead atoms. The van der Waals surface area contributed by atoms with E-state index in [0.29, 0.717) is 0 Å². The molecule has 4 aliphatic carbocycles. The van der Waals surface area contributed by atoms with Crippen molar-refractivity contribution in [1.82, 2.24) is 0 Å². The Bertz CT molecular complexity index is 1110. The third-order valence-electron chi connectivity index (χ3n) is 10.4. The number of halogens is 3. The van der Waals surface area contributed by atoms with E-state index >= 15 is 8.78 Å². The van der Waals surface area contributed by atoms with Crippen LogP contribution in [0.25, 0.3) is 0 Å². The van der Waals surface area contributed by atoms with Crippen LogP contribution in [0.2, 0.25) is 0 Å². The number of rotatable bonds is 6. The van der Waals surface area contributed by atoms with Gasteiger partial charge in [0.1, 0.15) is 12.3 Å². The summed E-state index contributed by atoms with van der Waals surface area (Å²) < 4.78 is 62.9. The smallest absolute Gasteiger partial charge is 0.431 e. The van der Waals surface area contributed by atoms with E-state index in [1.54, 1.807) is 13.8 Å². The quantitative estimate of drug-likeness (QED) is 0.416. The molecule has 3 saturated carbocycles. The Hall–Kier alpha value is -2.36. The van der Waals surface area contributed by atoms with Gasteiger partial charge >= 0.3 is 12.1 Å². The number of allylic oxidation sites excluding steroid dienone is 4. The van der Waals surface area contributed by atoms with E-state index in [2.05, 4.69) is 0 Å². The van der Waals surface area contributed by atoms with E-state index < -0.39 is 83.0 Å². The molecule has 1 N–H and O–H groups in total. The summed E-state index contributed by atoms with van der Waals surface area (Å²) in [6.45, 7) is 10.7. The highest BCUT2D eigenvalue weighted by Crippen LogP contribution is 2.71. The van der Waals surface area contributed by atoms with Gasteiger partial charge in [-0.1, -0.05) is 47.6 Å². The van der Waals surface area contributed by atoms with Crippen LogP contribution in [-0.4, -0.2) is 59.5 Å². The van der Waals surface area contributed by atoms with E-state index in [4.69, 9.17) is 14.2 Å². The zero-order chi connectivity index (χ0) is 30.0. The second-order valence-corrected chi connectivity index (χ2v) is 13.2. The number of carbonyl (C=O) groups is 3. The second-order valence-electron chi connectivity index (χ2n) is 13.2. The molecule has 0 unspecified atom stereocenters. The Labute approximate surface area is 233 Å². The third-order valence-corrected chi connectivity index (χ3v) is 10.4. The van der Waals surface area contributed by atoms with E-state index in [1.165, 1.54) is 19.1 Å². The lowest BCUT2D eigenvalue weighted by atomic mass is 9.44. The first-order valence-corrected chi connectivity index (χ1v) is 14.1. The van der Waals surface area contributed by atoms with Gasteiger partial charge in [-0.15, -0.1) is 0 Å². The molecule has 0 spiro atoms. The van der Waals surface area contributed by atoms with Gasteiger partial charge in [0.05, 0.1) is 6.10 Å². The SMILES string of the molecule is CC(C)C(OC(=O)O[C@]1(C(=O)OCF)[C@H](C)C[C@H]2[C@@H]3C[C@H](F)C4=CC(=O)C=C[C@]4(C)[C@@]3(F)[C@@H](O)C[C@@]21C)C(C)C. The molecule has 3 fully saturated rings. The van der Waals surface area contributed by atoms with E-state index in [1.807, 2.05) is 27.7 Å². The van der Waals surface area contributed by atoms with Crippen LogP contribution in [0.15, 0.2) is 23.8 Å². The molecule has 7 nitrogen and oxygen atoms in total. The number of carbonyl (C=O) groups excluding carboxylic acids is 3. The average Bonchev–Trinajstić information content (AvgIpc) is 3.07. The predicted octanol–water partition coefficient (Wildman–Crippen LogP) is 5.59. The van der Waals surface area contributed by atoms with Gasteiger partial charge in [0.25, 0.3) is 0 Å². The number of hydrogen-bond donors (Lipinski definition) is 1. The van der Waals surface area contributed by atoms with Crippen molar-refractivity contribution >= 4 is 17.9 Å². The van der Waals surface area contributed by atoms with Crippen LogP contribution in [0.1, 0.15) is 67.7 Å². The Balaban J connectivity index is 1.80. The lowest BCUT2D eigenvalue weighted by Gasteiger charge is -2.62. The Morgan fingerprint density at radius 3 is 2.33 bits per heavy atom. The van der Waals surface area contributed by atoms with Crippen molar-refractivity contribution < 1.29 is 46.9 Å². The number of alkyl halides is 3. The fourth-order valence-corrected chi connectivity index (χ4v) is 8.68. The molecule has 0 aromatic carbocycles. The zero-order valence-corrected chi connectivity index (χ0v) is 24.2. The van der Waals surface area contributed by atoms with Crippen LogP contribution in [0.5, 0.6) is 0 Å². The van der Waals surface area contributed by atoms with Gasteiger partial charge < -0.3 is 19.3 Å². The molecule has 9 atom stereocenters. The van der Waals surface area contributed by atoms with Crippen LogP contribution in [0, 0.1) is 40.4 Å². The van der Waals surface area contributed by atoms with Crippen LogP contribution in [0.4, 0.5) is 18.0 Å². The lowest BCUT2D eigenvalue weighted by Crippen LogP contribution is -2.71. The van der Waals surface area contributed by atoms with Gasteiger partial charge in [0.15, 0.2) is 11.5 Å². The number of aliphatic hydroxyl groups excluding tert-OH is 1. The molecule has 224 valence electrons. The number of esters is 1. The highest BCUT2D eigenvalue weighted by Gasteiger charge is 2.79. The third kappa shape index (κ3) is 4.06. The second kappa shape index (κ2) is 10.2. The molecule has 40 heavy (non-hydrogen) atoms. The van der Waals surface area contributed by atoms with E-state index in [9.17, 15) is 23.9 Å². The van der Waals surface area contributed by atoms with Gasteiger partial charge in [-0.2, -0.15) is 0 Å². The van der Waals surface area contributed by atoms with Crippen molar-refractivity contribution in [3.05, 3.63) is 23.8 Å². The molecule has 0 aliphatic heterocycles. The summed E-state index contributed by atoms with van der Waals surface area (Å²) in [6.07, 6.45) is -2.08. The molecule has 0 aromatic rings. The number of fused-ring (bicyclic) bond motifs is 5. The summed E-state index contributed by atoms with van der Waals surface area (Å²) in [6, 6.07) is 0. The van der Waals surface area contributed by atoms with Gasteiger partial charge in [-0.25, -0.2) is 22.8 Å². The zero-order valence-electron chi connectivity index (χ0n) is 24.2. The molecule has 0 aromatic heterocycles. The van der Waals surface area contributed by atoms with Crippen molar-refractivity contribution in [2.45, 2.75) is 97.4 Å². The molecular weight excluding hydrogens is 529 g/mol. The van der Waals surface area contributed by atoms with Crippen LogP contribution < -0.4 is 0 Å². The summed E-state index contributed by atoms with van der Waals surface area (Å²) in [5.41, 5.74) is -7.59. The number of aliphatic hydroxyl groups is 1. The lowest BCUT2D eigenvalue weighted by molar-refractivity contribution is -0.236. The monoisotopic (exact) mass is 570 g/mol. The predicted molar refractivity (Wildman–Crippen MR) is 139 cm³/mol. The maximum Gasteiger partial charge on any atom is 0.509 e. The Kier molecular flexibility index (Phi) is 7.78. The Morgan fingerprint density at radius 1 is 1.12 bits per heavy atom. The van der Waals surface area contributed by atoms with Crippen LogP contribution >= 0.6 is 0 Å². The Morgan fingerprint density at radius 2 is 1.75 bits per heavy atom. The standard InChI is InChI=1S/C30H41F3O7/c1-15(2)24(16(3)4)39-26(37)40-30(25(36)38-14-31)17(5)10-19-20-12-22(32)21-11-18(34)8-9-27(21,6)29(20,33)23(35)13-28(19,30)7/h8-9,11,15-17,19-20,22-24,35H,10,12-14H2,1-7H3/t17-,19+,20+,22+,23+,27+,28+,29+,30+/m1/s1. The van der Waals surface area contributed by atoms with Crippen LogP contribution in [0.3, 0.4) is 0 Å². The van der Waals surface area contributed by atoms with Crippen LogP contribution in [-0.2, 0) is 23.8 Å². The van der Waals surface area contributed by atoms with E-state index in [-0.39, 0.29) is 36.7 Å². The number of ether oxygens (including phenoxy) is 3. The number of hydrogen-bond acceptors (Lipinski definition) is 7. The molecule has 4 aliphatic rings. The molecule has 0 heterocycles. The minimum Gasteiger partial charge on any atom is -0.431 e. The first-order valence-electron chi connectivity index (χ1n) is 14.1. The molecule has 0 radical (unpaired) electrons. The summed E-state index contributed by atoms with van der Waals surface area (Å²) in [5, 5.41) is 11.5. The minimum atomic E-state index is -2.39. The van der Waals surface area contributed by atoms with E-state index in [0.717, 1.165) is 6.08 Å². The summed E-state index contributed by atoms with van der Waals surface area (Å²) in [5.74, 6) is -4.43. The van der Waals surface area contributed by atoms with Crippen molar-refractivity contribution in [2.24, 2.45) is 40.4 Å². The number of ketones is 1. The minimum absolute atomic E-state index is 0.0243. The van der Waals surface area contributed by atoms with Crippen molar-refractivity contribution in [3.8, 4) is 0 Å². The fraction of sp³-hybridized carbons (Fsp3) is 0.767. The van der Waals surface area contributed by atoms with Crippen molar-refractivity contribution in [1.29, 1.82) is 0 Å². The molecule has 0 saturated heterocycles. The summed E-state index contributed by atoms with van der Waals surface area (Å²) in [7, 11) is 0. The fourth-order valence-electron chi connectivity index (χ4n) is 8.68. The summed E-state index contributed by atoms with van der Waals surface area (Å²) >= 11 is 0. The topological polar surface area (TPSA) is 99.1 Å².